The molecule has 0 radical (unpaired) electrons. The van der Waals surface area contributed by atoms with Crippen LogP contribution in [0.15, 0.2) is 71.6 Å². The van der Waals surface area contributed by atoms with E-state index in [4.69, 9.17) is 0 Å². The Kier molecular flexibility index (Phi) is 9.20. The van der Waals surface area contributed by atoms with Gasteiger partial charge in [-0.3, -0.25) is 9.59 Å². The fraction of sp³-hybridized carbons (Fsp3) is 0.231. The van der Waals surface area contributed by atoms with Gasteiger partial charge in [0.1, 0.15) is 0 Å². The van der Waals surface area contributed by atoms with Gasteiger partial charge in [0.2, 0.25) is 0 Å². The lowest BCUT2D eigenvalue weighted by Gasteiger charge is -2.31. The van der Waals surface area contributed by atoms with E-state index in [-0.39, 0.29) is 29.5 Å². The van der Waals surface area contributed by atoms with Crippen molar-refractivity contribution in [3.63, 3.8) is 0 Å². The van der Waals surface area contributed by atoms with Crippen molar-refractivity contribution in [3.8, 4) is 0 Å². The Morgan fingerprint density at radius 2 is 1.40 bits per heavy atom. The van der Waals surface area contributed by atoms with E-state index >= 15 is 4.39 Å². The molecule has 0 aromatic heterocycles. The van der Waals surface area contributed by atoms with Gasteiger partial charge >= 0.3 is 24.2 Å². The molecule has 3 aromatic rings. The Morgan fingerprint density at radius 1 is 0.810 bits per heavy atom. The van der Waals surface area contributed by atoms with E-state index in [2.05, 4.69) is 0 Å². The molecule has 0 aliphatic carbocycles. The summed E-state index contributed by atoms with van der Waals surface area (Å²) in [5, 5.41) is 1.93. The van der Waals surface area contributed by atoms with Crippen LogP contribution >= 0.6 is 11.8 Å². The smallest absolute Gasteiger partial charge is 0.321 e. The van der Waals surface area contributed by atoms with E-state index in [1.165, 1.54) is 31.3 Å². The second-order valence-corrected chi connectivity index (χ2v) is 9.61. The number of rotatable bonds is 7. The Bertz CT molecular complexity index is 1440. The standard InChI is InChI=1S/C26H17F11N2O2S/c1-39(22(41)14-6-3-2-4-7-14)18-9-5-8-16(20(18)27)21(40)38-17-11-10-15(12-19(17)42-13-23(28,29)30)24(31,25(32,33)34)26(35,36)37/h2-12H,13H2,1H3,(H,38,40). The zero-order valence-electron chi connectivity index (χ0n) is 20.9. The van der Waals surface area contributed by atoms with Crippen LogP contribution in [0.1, 0.15) is 26.3 Å². The molecule has 0 aliphatic heterocycles. The van der Waals surface area contributed by atoms with Gasteiger partial charge in [-0.1, -0.05) is 30.3 Å². The van der Waals surface area contributed by atoms with Crippen LogP contribution < -0.4 is 10.2 Å². The van der Waals surface area contributed by atoms with Gasteiger partial charge in [-0.15, -0.1) is 11.8 Å². The van der Waals surface area contributed by atoms with Gasteiger partial charge in [-0.2, -0.15) is 39.5 Å². The summed E-state index contributed by atoms with van der Waals surface area (Å²) >= 11 is -0.331. The third kappa shape index (κ3) is 6.79. The molecule has 0 spiro atoms. The van der Waals surface area contributed by atoms with E-state index in [9.17, 15) is 53.5 Å². The highest BCUT2D eigenvalue weighted by atomic mass is 32.2. The van der Waals surface area contributed by atoms with Gasteiger partial charge in [-0.25, -0.2) is 8.78 Å². The first-order chi connectivity index (χ1) is 19.3. The largest absolute Gasteiger partial charge is 0.435 e. The number of carbonyl (C=O) groups is 2. The van der Waals surface area contributed by atoms with Crippen LogP contribution in [0.2, 0.25) is 0 Å². The molecular formula is C26H17F11N2O2S. The SMILES string of the molecule is CN(C(=O)c1ccccc1)c1cccc(C(=O)Nc2ccc(C(F)(C(F)(F)F)C(F)(F)F)cc2SCC(F)(F)F)c1F. The average Bonchev–Trinajstić information content (AvgIpc) is 2.90. The van der Waals surface area contributed by atoms with Crippen molar-refractivity contribution < 1.29 is 57.9 Å². The van der Waals surface area contributed by atoms with Crippen LogP contribution in [0.25, 0.3) is 0 Å². The molecule has 0 aliphatic rings. The number of nitrogens with one attached hydrogen (secondary N) is 1. The van der Waals surface area contributed by atoms with Crippen molar-refractivity contribution in [3.05, 3.63) is 89.2 Å². The molecule has 0 atom stereocenters. The normalized spacial score (nSPS) is 12.7. The molecule has 16 heteroatoms. The number of halogens is 11. The molecule has 0 heterocycles. The maximum Gasteiger partial charge on any atom is 0.435 e. The van der Waals surface area contributed by atoms with Crippen molar-refractivity contribution in [2.24, 2.45) is 0 Å². The number of hydrogen-bond donors (Lipinski definition) is 1. The minimum absolute atomic E-state index is 0.00662. The van der Waals surface area contributed by atoms with Crippen molar-refractivity contribution in [1.82, 2.24) is 0 Å². The number of anilines is 2. The molecule has 0 fully saturated rings. The zero-order valence-corrected chi connectivity index (χ0v) is 21.7. The fourth-order valence-electron chi connectivity index (χ4n) is 3.63. The van der Waals surface area contributed by atoms with Crippen LogP contribution in [0.3, 0.4) is 0 Å². The number of benzene rings is 3. The number of amides is 2. The second-order valence-electron chi connectivity index (χ2n) is 8.59. The molecule has 3 aromatic carbocycles. The lowest BCUT2D eigenvalue weighted by Crippen LogP contribution is -2.50. The molecule has 0 saturated heterocycles. The summed E-state index contributed by atoms with van der Waals surface area (Å²) in [5.74, 6) is -5.18. The Balaban J connectivity index is 2.02. The van der Waals surface area contributed by atoms with Gasteiger partial charge < -0.3 is 10.2 Å². The van der Waals surface area contributed by atoms with E-state index in [1.54, 1.807) is 6.07 Å². The molecule has 0 bridgehead atoms. The van der Waals surface area contributed by atoms with E-state index in [0.717, 1.165) is 23.1 Å². The summed E-state index contributed by atoms with van der Waals surface area (Å²) in [4.78, 5) is 25.4. The number of thioether (sulfide) groups is 1. The average molecular weight is 630 g/mol. The van der Waals surface area contributed by atoms with E-state index in [1.807, 2.05) is 5.32 Å². The second kappa shape index (κ2) is 11.8. The maximum atomic E-state index is 15.3. The predicted octanol–water partition coefficient (Wildman–Crippen LogP) is 8.30. The molecule has 0 unspecified atom stereocenters. The van der Waals surface area contributed by atoms with Gasteiger partial charge in [-0.05, 0) is 36.4 Å². The van der Waals surface area contributed by atoms with E-state index in [0.29, 0.717) is 6.07 Å². The molecule has 4 nitrogen and oxygen atoms in total. The highest BCUT2D eigenvalue weighted by molar-refractivity contribution is 7.99. The van der Waals surface area contributed by atoms with Gasteiger partial charge in [0, 0.05) is 23.1 Å². The summed E-state index contributed by atoms with van der Waals surface area (Å²) in [6.07, 6.45) is -18.1. The van der Waals surface area contributed by atoms with Crippen LogP contribution in [0.4, 0.5) is 59.7 Å². The Labute approximate surface area is 234 Å². The van der Waals surface area contributed by atoms with Crippen molar-refractivity contribution in [2.75, 3.05) is 23.0 Å². The van der Waals surface area contributed by atoms with Crippen molar-refractivity contribution in [2.45, 2.75) is 29.1 Å². The Hall–Kier alpha value is -3.82. The predicted molar refractivity (Wildman–Crippen MR) is 132 cm³/mol. The van der Waals surface area contributed by atoms with Crippen LogP contribution in [0.5, 0.6) is 0 Å². The quantitative estimate of drug-likeness (QED) is 0.211. The fourth-order valence-corrected chi connectivity index (χ4v) is 4.44. The molecule has 3 rings (SSSR count). The zero-order chi connectivity index (χ0) is 31.7. The highest BCUT2D eigenvalue weighted by Gasteiger charge is 2.73. The van der Waals surface area contributed by atoms with Crippen molar-refractivity contribution in [1.29, 1.82) is 0 Å². The monoisotopic (exact) mass is 630 g/mol. The maximum absolute atomic E-state index is 15.3. The van der Waals surface area contributed by atoms with Gasteiger partial charge in [0.25, 0.3) is 11.8 Å². The first-order valence-electron chi connectivity index (χ1n) is 11.4. The topological polar surface area (TPSA) is 49.4 Å². The summed E-state index contributed by atoms with van der Waals surface area (Å²) in [6, 6.07) is 11.0. The number of hydrogen-bond acceptors (Lipinski definition) is 3. The van der Waals surface area contributed by atoms with Gasteiger partial charge in [0.05, 0.1) is 22.7 Å². The van der Waals surface area contributed by atoms with Gasteiger partial charge in [0.15, 0.2) is 5.82 Å². The lowest BCUT2D eigenvalue weighted by atomic mass is 9.94. The third-order valence-corrected chi connectivity index (χ3v) is 6.83. The van der Waals surface area contributed by atoms with Crippen LogP contribution in [0, 0.1) is 5.82 Å². The lowest BCUT2D eigenvalue weighted by molar-refractivity contribution is -0.348. The first kappa shape index (κ1) is 32.7. The van der Waals surface area contributed by atoms with Crippen molar-refractivity contribution >= 4 is 35.0 Å². The molecule has 226 valence electrons. The summed E-state index contributed by atoms with van der Waals surface area (Å²) in [5.41, 5.74) is -9.82. The van der Waals surface area contributed by atoms with Crippen LogP contribution in [-0.4, -0.2) is 43.1 Å². The summed E-state index contributed by atoms with van der Waals surface area (Å²) < 4.78 is 148. The minimum Gasteiger partial charge on any atom is -0.321 e. The number of carbonyl (C=O) groups excluding carboxylic acids is 2. The molecule has 1 N–H and O–H groups in total. The van der Waals surface area contributed by atoms with E-state index < -0.39 is 75.0 Å². The number of nitrogens with zero attached hydrogens (tertiary/aromatic N) is 1. The molecule has 0 saturated carbocycles. The summed E-state index contributed by atoms with van der Waals surface area (Å²) in [7, 11) is 1.19. The molecule has 2 amide bonds. The highest BCUT2D eigenvalue weighted by Crippen LogP contribution is 2.54. The summed E-state index contributed by atoms with van der Waals surface area (Å²) in [6.45, 7) is 0. The minimum atomic E-state index is -6.55. The third-order valence-electron chi connectivity index (χ3n) is 5.71. The molecular weight excluding hydrogens is 613 g/mol. The number of alkyl halides is 10. The first-order valence-corrected chi connectivity index (χ1v) is 12.4. The molecule has 42 heavy (non-hydrogen) atoms. The Morgan fingerprint density at radius 3 is 1.95 bits per heavy atom. The van der Waals surface area contributed by atoms with Crippen LogP contribution in [-0.2, 0) is 5.67 Å².